The van der Waals surface area contributed by atoms with E-state index in [0.29, 0.717) is 11.6 Å². The van der Waals surface area contributed by atoms with Crippen molar-refractivity contribution in [3.8, 4) is 23.0 Å². The van der Waals surface area contributed by atoms with Crippen LogP contribution in [0, 0.1) is 43.4 Å². The number of aliphatic hydroxyl groups excluding tert-OH is 1. The van der Waals surface area contributed by atoms with Gasteiger partial charge in [0.2, 0.25) is 0 Å². The number of Topliss-reactive ketones (excluding diaryl/α,β-unsaturated/α-hetero) is 1. The summed E-state index contributed by atoms with van der Waals surface area (Å²) in [7, 11) is 2.60. The van der Waals surface area contributed by atoms with Gasteiger partial charge < -0.3 is 66.7 Å². The van der Waals surface area contributed by atoms with E-state index >= 15 is 4.79 Å². The molecule has 2 aromatic carbocycles. The monoisotopic (exact) mass is 1090 g/mol. The molecule has 76 heavy (non-hydrogen) atoms. The van der Waals surface area contributed by atoms with E-state index in [4.69, 9.17) is 61.6 Å². The van der Waals surface area contributed by atoms with Crippen LogP contribution in [0.1, 0.15) is 94.2 Å². The molecular weight excluding hydrogens is 1000 g/mol. The van der Waals surface area contributed by atoms with Crippen LogP contribution in [0.25, 0.3) is 10.8 Å². The largest absolute Gasteiger partial charge is 0.488 e. The maximum Gasteiger partial charge on any atom is 0.342 e. The number of benzene rings is 2. The number of ketones is 1. The van der Waals surface area contributed by atoms with Crippen molar-refractivity contribution >= 4 is 48.5 Å². The zero-order chi connectivity index (χ0) is 57.4. The maximum atomic E-state index is 15.7. The molecule has 0 aromatic heterocycles. The van der Waals surface area contributed by atoms with Crippen LogP contribution < -0.4 is 18.9 Å². The first-order valence-corrected chi connectivity index (χ1v) is 29.1. The van der Waals surface area contributed by atoms with Gasteiger partial charge in [0.15, 0.2) is 31.9 Å². The number of ether oxygens (including phenoxy) is 13. The Morgan fingerprint density at radius 2 is 1.24 bits per heavy atom. The van der Waals surface area contributed by atoms with E-state index in [-0.39, 0.29) is 103 Å². The lowest BCUT2D eigenvalue weighted by molar-refractivity contribution is -0.339. The lowest BCUT2D eigenvalue weighted by Gasteiger charge is -2.50. The lowest BCUT2D eigenvalue weighted by Crippen LogP contribution is -2.60. The summed E-state index contributed by atoms with van der Waals surface area (Å²) in [6, 6.07) is 0.680. The molecule has 1 saturated heterocycles. The number of carbonyl (C=O) groups excluding carboxylic acids is 5. The van der Waals surface area contributed by atoms with Gasteiger partial charge in [-0.1, -0.05) is 78.7 Å². The predicted molar refractivity (Wildman–Crippen MR) is 286 cm³/mol. The SMILES string of the molecule is C=CCOC(=O)[C@@H]([C@H](OC(C)=O)[C@H](C)[C@@H](OC(C)=O)[C@@H](C)/C=C(\C)C(=O)c1c(OCOC)c(C)c(OCC=C)c2c(OCOC)c(C(=O)OCC[Si](C)(C)C)c(C)c(OCOC)c12)[C@@H]1OC(C)(C)O[C@H]([C@H](C)CO)[C@H]1C. The summed E-state index contributed by atoms with van der Waals surface area (Å²) in [6.07, 6.45) is 0.320. The van der Waals surface area contributed by atoms with Crippen LogP contribution in [0.4, 0.5) is 0 Å². The highest BCUT2D eigenvalue weighted by Crippen LogP contribution is 2.52. The average molecular weight is 1090 g/mol. The van der Waals surface area contributed by atoms with Crippen LogP contribution in [0.3, 0.4) is 0 Å². The molecule has 0 radical (unpaired) electrons. The molecule has 0 saturated carbocycles. The summed E-state index contributed by atoms with van der Waals surface area (Å²) >= 11 is 0. The molecule has 1 heterocycles. The van der Waals surface area contributed by atoms with Crippen molar-refractivity contribution in [2.24, 2.45) is 29.6 Å². The first-order valence-electron chi connectivity index (χ1n) is 25.4. The molecule has 3 rings (SSSR count). The molecule has 426 valence electrons. The molecule has 0 aliphatic carbocycles. The van der Waals surface area contributed by atoms with Crippen molar-refractivity contribution in [2.45, 2.75) is 132 Å². The van der Waals surface area contributed by atoms with E-state index in [1.165, 1.54) is 47.3 Å². The highest BCUT2D eigenvalue weighted by molar-refractivity contribution is 6.76. The van der Waals surface area contributed by atoms with Crippen LogP contribution in [0.2, 0.25) is 25.7 Å². The molecule has 19 nitrogen and oxygen atoms in total. The second-order valence-corrected chi connectivity index (χ2v) is 26.5. The van der Waals surface area contributed by atoms with Gasteiger partial charge >= 0.3 is 23.9 Å². The molecule has 0 spiro atoms. The minimum Gasteiger partial charge on any atom is -0.488 e. The van der Waals surface area contributed by atoms with Crippen molar-refractivity contribution in [3.63, 3.8) is 0 Å². The van der Waals surface area contributed by atoms with Crippen molar-refractivity contribution < 1.29 is 90.7 Å². The van der Waals surface area contributed by atoms with E-state index in [0.717, 1.165) is 0 Å². The summed E-state index contributed by atoms with van der Waals surface area (Å²) < 4.78 is 78.0. The van der Waals surface area contributed by atoms with Gasteiger partial charge in [0.25, 0.3) is 0 Å². The van der Waals surface area contributed by atoms with Gasteiger partial charge in [-0.3, -0.25) is 19.2 Å². The van der Waals surface area contributed by atoms with Crippen LogP contribution in [0.5, 0.6) is 23.0 Å². The molecular formula is C56H84O19Si. The summed E-state index contributed by atoms with van der Waals surface area (Å²) in [5.74, 6) is -8.81. The first kappa shape index (κ1) is 64.9. The number of hydrogen-bond donors (Lipinski definition) is 1. The molecule has 0 bridgehead atoms. The number of esters is 4. The molecule has 0 amide bonds. The first-order chi connectivity index (χ1) is 35.7. The van der Waals surface area contributed by atoms with Gasteiger partial charge in [0.05, 0.1) is 29.8 Å². The Hall–Kier alpha value is -5.35. The van der Waals surface area contributed by atoms with Gasteiger partial charge in [-0.05, 0) is 46.2 Å². The molecule has 2 aromatic rings. The Labute approximate surface area is 449 Å². The van der Waals surface area contributed by atoms with Crippen LogP contribution in [-0.4, -0.2) is 141 Å². The third kappa shape index (κ3) is 16.6. The molecule has 20 heteroatoms. The maximum absolute atomic E-state index is 15.7. The number of aliphatic hydroxyl groups is 1. The zero-order valence-corrected chi connectivity index (χ0v) is 48.8. The quantitative estimate of drug-likeness (QED) is 0.0141. The fourth-order valence-electron chi connectivity index (χ4n) is 9.49. The molecule has 1 aliphatic rings. The Morgan fingerprint density at radius 3 is 1.76 bits per heavy atom. The molecule has 1 aliphatic heterocycles. The van der Waals surface area contributed by atoms with E-state index in [1.54, 1.807) is 68.4 Å². The fraction of sp³-hybridized carbons (Fsp3) is 0.625. The highest BCUT2D eigenvalue weighted by Gasteiger charge is 2.54. The molecule has 1 N–H and O–H groups in total. The van der Waals surface area contributed by atoms with E-state index in [9.17, 15) is 24.3 Å². The number of fused-ring (bicyclic) bond motifs is 1. The minimum absolute atomic E-state index is 0.00584. The van der Waals surface area contributed by atoms with Crippen molar-refractivity contribution in [3.05, 3.63) is 59.2 Å². The van der Waals surface area contributed by atoms with Gasteiger partial charge in [0.1, 0.15) is 59.9 Å². The highest BCUT2D eigenvalue weighted by atomic mass is 28.3. The number of rotatable bonds is 31. The third-order valence-electron chi connectivity index (χ3n) is 12.9. The summed E-state index contributed by atoms with van der Waals surface area (Å²) in [6.45, 7) is 30.3. The number of hydrogen-bond acceptors (Lipinski definition) is 19. The van der Waals surface area contributed by atoms with Crippen LogP contribution in [-0.2, 0) is 57.0 Å². The normalized spacial score (nSPS) is 19.0. The smallest absolute Gasteiger partial charge is 0.342 e. The summed E-state index contributed by atoms with van der Waals surface area (Å²) in [4.78, 5) is 70.8. The second-order valence-electron chi connectivity index (χ2n) is 20.8. The summed E-state index contributed by atoms with van der Waals surface area (Å²) in [5, 5.41) is 10.5. The molecule has 9 atom stereocenters. The van der Waals surface area contributed by atoms with Gasteiger partial charge in [-0.15, -0.1) is 0 Å². The van der Waals surface area contributed by atoms with Gasteiger partial charge in [-0.25, -0.2) is 4.79 Å². The molecule has 1 fully saturated rings. The Kier molecular flexibility index (Phi) is 25.1. The van der Waals surface area contributed by atoms with Crippen molar-refractivity contribution in [1.29, 1.82) is 0 Å². The Bertz CT molecular complexity index is 2390. The average Bonchev–Trinajstić information content (AvgIpc) is 3.34. The van der Waals surface area contributed by atoms with E-state index in [1.807, 2.05) is 0 Å². The van der Waals surface area contributed by atoms with Crippen molar-refractivity contribution in [1.82, 2.24) is 0 Å². The fourth-order valence-corrected chi connectivity index (χ4v) is 10.2. The predicted octanol–water partition coefficient (Wildman–Crippen LogP) is 8.86. The lowest BCUT2D eigenvalue weighted by atomic mass is 9.75. The molecule has 0 unspecified atom stereocenters. The number of allylic oxidation sites excluding steroid dienone is 1. The summed E-state index contributed by atoms with van der Waals surface area (Å²) in [5.41, 5.74) is 0.601. The van der Waals surface area contributed by atoms with Crippen LogP contribution in [0.15, 0.2) is 37.0 Å². The second kappa shape index (κ2) is 29.4. The van der Waals surface area contributed by atoms with E-state index < -0.39 is 97.5 Å². The number of carbonyl (C=O) groups is 5. The topological polar surface area (TPSA) is 226 Å². The van der Waals surface area contributed by atoms with Crippen molar-refractivity contribution in [2.75, 3.05) is 68.1 Å². The van der Waals surface area contributed by atoms with Gasteiger partial charge in [0, 0.05) is 90.0 Å². The third-order valence-corrected chi connectivity index (χ3v) is 14.6. The zero-order valence-electron chi connectivity index (χ0n) is 47.8. The minimum atomic E-state index is -1.66. The standard InChI is InChI=1S/C56H84O19Si/c1-20-22-66-50-37(9)49(70-29-64-15)42(41-43(50)53(71-30-65-16)40(34(6)48(41)69-28-63-14)54(61)68-24-25-76(17,18)19)45(60)31(3)26-32(4)46(72-38(10)58)35(7)51(73-39(11)59)44(55(62)67-23-21-2)52-36(8)47(33(5)27-57)74-56(12,13)75-52/h20-21,26,32-33,35-36,44,46-47,51-52,57H,1-2,22-25,27-30H2,3-19H3/b31-26+/t32-,33+,35+,36+,44-,46-,47+,51+,52+/m0/s1. The Morgan fingerprint density at radius 1 is 0.711 bits per heavy atom. The Balaban J connectivity index is 2.51. The van der Waals surface area contributed by atoms with Gasteiger partial charge in [-0.2, -0.15) is 0 Å². The van der Waals surface area contributed by atoms with Crippen LogP contribution >= 0.6 is 0 Å². The number of methoxy groups -OCH3 is 3. The van der Waals surface area contributed by atoms with E-state index in [2.05, 4.69) is 32.8 Å².